The minimum absolute atomic E-state index is 0.0439. The maximum Gasteiger partial charge on any atom is 0.101 e. The zero-order valence-corrected chi connectivity index (χ0v) is 7.81. The lowest BCUT2D eigenvalue weighted by Crippen LogP contribution is -2.34. The summed E-state index contributed by atoms with van der Waals surface area (Å²) in [6, 6.07) is 0.123. The van der Waals surface area contributed by atoms with Gasteiger partial charge in [-0.25, -0.2) is 0 Å². The summed E-state index contributed by atoms with van der Waals surface area (Å²) in [5.41, 5.74) is 7.05. The molecule has 0 spiro atoms. The molecule has 4 nitrogen and oxygen atoms in total. The van der Waals surface area contributed by atoms with Gasteiger partial charge in [-0.05, 0) is 12.8 Å². The average molecular weight is 181 g/mol. The lowest BCUT2D eigenvalue weighted by Gasteiger charge is -2.27. The molecular weight excluding hydrogens is 166 g/mol. The summed E-state index contributed by atoms with van der Waals surface area (Å²) in [5.74, 6) is 0. The summed E-state index contributed by atoms with van der Waals surface area (Å²) in [5, 5.41) is 4.11. The highest BCUT2D eigenvalue weighted by molar-refractivity contribution is 5.11. The van der Waals surface area contributed by atoms with Crippen LogP contribution in [-0.2, 0) is 11.8 Å². The van der Waals surface area contributed by atoms with E-state index in [4.69, 9.17) is 10.5 Å². The van der Waals surface area contributed by atoms with Gasteiger partial charge < -0.3 is 10.5 Å². The molecule has 2 heterocycles. The normalized spacial score (nSPS) is 29.1. The summed E-state index contributed by atoms with van der Waals surface area (Å²) in [6.07, 6.45) is 5.95. The summed E-state index contributed by atoms with van der Waals surface area (Å²) < 4.78 is 7.39. The van der Waals surface area contributed by atoms with Crippen LogP contribution >= 0.6 is 0 Å². The Balaban J connectivity index is 2.14. The monoisotopic (exact) mass is 181 g/mol. The second-order valence-corrected chi connectivity index (χ2v) is 3.54. The van der Waals surface area contributed by atoms with Gasteiger partial charge in [-0.15, -0.1) is 0 Å². The summed E-state index contributed by atoms with van der Waals surface area (Å²) in [7, 11) is 1.90. The highest BCUT2D eigenvalue weighted by Crippen LogP contribution is 2.26. The molecule has 4 heteroatoms. The van der Waals surface area contributed by atoms with E-state index < -0.39 is 0 Å². The van der Waals surface area contributed by atoms with Crippen LogP contribution in [0.2, 0.25) is 0 Å². The second-order valence-electron chi connectivity index (χ2n) is 3.54. The molecule has 2 N–H and O–H groups in total. The summed E-state index contributed by atoms with van der Waals surface area (Å²) in [6.45, 7) is 0.813. The van der Waals surface area contributed by atoms with Crippen molar-refractivity contribution in [3.8, 4) is 0 Å². The molecule has 0 bridgehead atoms. The average Bonchev–Trinajstić information content (AvgIpc) is 2.53. The van der Waals surface area contributed by atoms with Gasteiger partial charge in [0.25, 0.3) is 0 Å². The van der Waals surface area contributed by atoms with Crippen molar-refractivity contribution >= 4 is 0 Å². The number of ether oxygens (including phenoxy) is 1. The fourth-order valence-corrected chi connectivity index (χ4v) is 1.73. The fourth-order valence-electron chi connectivity index (χ4n) is 1.73. The van der Waals surface area contributed by atoms with Crippen molar-refractivity contribution in [3.05, 3.63) is 18.0 Å². The molecule has 0 aliphatic carbocycles. The molecule has 0 radical (unpaired) electrons. The molecule has 1 saturated heterocycles. The van der Waals surface area contributed by atoms with E-state index in [9.17, 15) is 0 Å². The van der Waals surface area contributed by atoms with Crippen molar-refractivity contribution in [3.63, 3.8) is 0 Å². The lowest BCUT2D eigenvalue weighted by atomic mass is 9.99. The van der Waals surface area contributed by atoms with Crippen molar-refractivity contribution in [2.24, 2.45) is 12.8 Å². The first-order valence-corrected chi connectivity index (χ1v) is 4.63. The molecule has 2 atom stereocenters. The number of aryl methyl sites for hydroxylation is 1. The van der Waals surface area contributed by atoms with E-state index in [1.165, 1.54) is 0 Å². The maximum absolute atomic E-state index is 5.96. The van der Waals surface area contributed by atoms with Crippen LogP contribution in [0.5, 0.6) is 0 Å². The first kappa shape index (κ1) is 8.72. The fraction of sp³-hybridized carbons (Fsp3) is 0.667. The van der Waals surface area contributed by atoms with E-state index in [0.29, 0.717) is 0 Å². The maximum atomic E-state index is 5.96. The zero-order valence-electron chi connectivity index (χ0n) is 7.81. The Labute approximate surface area is 77.7 Å². The van der Waals surface area contributed by atoms with Gasteiger partial charge in [-0.2, -0.15) is 5.10 Å². The van der Waals surface area contributed by atoms with E-state index in [1.54, 1.807) is 4.68 Å². The second kappa shape index (κ2) is 3.47. The van der Waals surface area contributed by atoms with Gasteiger partial charge in [0.2, 0.25) is 0 Å². The van der Waals surface area contributed by atoms with E-state index >= 15 is 0 Å². The van der Waals surface area contributed by atoms with E-state index in [0.717, 1.165) is 25.0 Å². The molecule has 0 aromatic carbocycles. The van der Waals surface area contributed by atoms with Crippen LogP contribution in [0, 0.1) is 0 Å². The molecule has 2 unspecified atom stereocenters. The number of hydrogen-bond acceptors (Lipinski definition) is 3. The first-order valence-electron chi connectivity index (χ1n) is 4.63. The Bertz CT molecular complexity index is 284. The molecule has 2 rings (SSSR count). The summed E-state index contributed by atoms with van der Waals surface area (Å²) in [4.78, 5) is 0. The Morgan fingerprint density at radius 2 is 2.54 bits per heavy atom. The van der Waals surface area contributed by atoms with Gasteiger partial charge in [0.15, 0.2) is 0 Å². The first-order chi connectivity index (χ1) is 6.27. The number of nitrogens with zero attached hydrogens (tertiary/aromatic N) is 2. The van der Waals surface area contributed by atoms with Crippen molar-refractivity contribution in [1.82, 2.24) is 9.78 Å². The van der Waals surface area contributed by atoms with E-state index in [-0.39, 0.29) is 12.1 Å². The molecule has 1 aliphatic heterocycles. The Morgan fingerprint density at radius 1 is 1.69 bits per heavy atom. The third-order valence-corrected chi connectivity index (χ3v) is 2.42. The van der Waals surface area contributed by atoms with Crippen molar-refractivity contribution in [2.75, 3.05) is 6.61 Å². The molecule has 72 valence electrons. The van der Waals surface area contributed by atoms with Crippen molar-refractivity contribution < 1.29 is 4.74 Å². The van der Waals surface area contributed by atoms with Crippen molar-refractivity contribution in [2.45, 2.75) is 25.0 Å². The number of hydrogen-bond donors (Lipinski definition) is 1. The lowest BCUT2D eigenvalue weighted by molar-refractivity contribution is 0.000107. The molecule has 1 aromatic heterocycles. The van der Waals surface area contributed by atoms with E-state index in [1.807, 2.05) is 19.4 Å². The molecule has 1 fully saturated rings. The highest BCUT2D eigenvalue weighted by atomic mass is 16.5. The number of rotatable bonds is 1. The minimum Gasteiger partial charge on any atom is -0.372 e. The molecular formula is C9H15N3O. The molecule has 1 aliphatic rings. The zero-order chi connectivity index (χ0) is 9.26. The summed E-state index contributed by atoms with van der Waals surface area (Å²) >= 11 is 0. The Hall–Kier alpha value is -0.870. The quantitative estimate of drug-likeness (QED) is 0.690. The molecule has 1 aromatic rings. The van der Waals surface area contributed by atoms with Gasteiger partial charge >= 0.3 is 0 Å². The SMILES string of the molecule is Cn1cc(C2OCCCC2N)cn1. The van der Waals surface area contributed by atoms with Crippen LogP contribution < -0.4 is 5.73 Å². The number of aromatic nitrogens is 2. The topological polar surface area (TPSA) is 53.1 Å². The van der Waals surface area contributed by atoms with Gasteiger partial charge in [0.1, 0.15) is 6.10 Å². The largest absolute Gasteiger partial charge is 0.372 e. The van der Waals surface area contributed by atoms with Crippen LogP contribution in [0.4, 0.5) is 0 Å². The van der Waals surface area contributed by atoms with Crippen molar-refractivity contribution in [1.29, 1.82) is 0 Å². The van der Waals surface area contributed by atoms with E-state index in [2.05, 4.69) is 5.10 Å². The van der Waals surface area contributed by atoms with Crippen LogP contribution in [0.25, 0.3) is 0 Å². The predicted octanol–water partition coefficient (Wildman–Crippen LogP) is 0.599. The number of nitrogens with two attached hydrogens (primary N) is 1. The molecule has 0 saturated carbocycles. The molecule has 0 amide bonds. The minimum atomic E-state index is 0.0439. The Morgan fingerprint density at radius 3 is 3.15 bits per heavy atom. The predicted molar refractivity (Wildman–Crippen MR) is 49.1 cm³/mol. The van der Waals surface area contributed by atoms with Gasteiger partial charge in [-0.3, -0.25) is 4.68 Å². The van der Waals surface area contributed by atoms with Gasteiger partial charge in [-0.1, -0.05) is 0 Å². The van der Waals surface area contributed by atoms with Crippen LogP contribution in [-0.4, -0.2) is 22.4 Å². The highest BCUT2D eigenvalue weighted by Gasteiger charge is 2.24. The third-order valence-electron chi connectivity index (χ3n) is 2.42. The third kappa shape index (κ3) is 1.73. The standard InChI is InChI=1S/C9H15N3O/c1-12-6-7(5-11-12)9-8(10)3-2-4-13-9/h5-6,8-9H,2-4,10H2,1H3. The van der Waals surface area contributed by atoms with Crippen LogP contribution in [0.15, 0.2) is 12.4 Å². The van der Waals surface area contributed by atoms with Gasteiger partial charge in [0, 0.05) is 31.5 Å². The Kier molecular flexibility index (Phi) is 2.33. The van der Waals surface area contributed by atoms with Crippen LogP contribution in [0.1, 0.15) is 24.5 Å². The van der Waals surface area contributed by atoms with Gasteiger partial charge in [0.05, 0.1) is 6.20 Å². The molecule has 13 heavy (non-hydrogen) atoms. The smallest absolute Gasteiger partial charge is 0.101 e. The van der Waals surface area contributed by atoms with Crippen LogP contribution in [0.3, 0.4) is 0 Å².